The lowest BCUT2D eigenvalue weighted by Gasteiger charge is -2.22. The average Bonchev–Trinajstić information content (AvgIpc) is 2.28. The highest BCUT2D eigenvalue weighted by molar-refractivity contribution is 5.03. The van der Waals surface area contributed by atoms with Crippen LogP contribution in [0.3, 0.4) is 0 Å². The van der Waals surface area contributed by atoms with Crippen LogP contribution in [0.4, 0.5) is 0 Å². The minimum absolute atomic E-state index is 0.544. The number of aliphatic hydroxyl groups is 5. The molecule has 0 saturated carbocycles. The summed E-state index contributed by atoms with van der Waals surface area (Å²) in [6.45, 7) is 0.739. The van der Waals surface area contributed by atoms with Crippen molar-refractivity contribution in [2.45, 2.75) is 37.0 Å². The molecule has 13 heavy (non-hydrogen) atoms. The van der Waals surface area contributed by atoms with Crippen LogP contribution < -0.4 is 5.32 Å². The van der Waals surface area contributed by atoms with Crippen molar-refractivity contribution in [1.29, 1.82) is 0 Å². The van der Waals surface area contributed by atoms with Gasteiger partial charge in [0, 0.05) is 0 Å². The fourth-order valence-electron chi connectivity index (χ4n) is 1.47. The lowest BCUT2D eigenvalue weighted by Crippen LogP contribution is -2.49. The van der Waals surface area contributed by atoms with Crippen molar-refractivity contribution in [3.8, 4) is 0 Å². The quantitative estimate of drug-likeness (QED) is 0.274. The molecule has 0 radical (unpaired) electrons. The number of hydrogen-bond acceptors (Lipinski definition) is 6. The van der Waals surface area contributed by atoms with Crippen LogP contribution in [0.5, 0.6) is 0 Å². The van der Waals surface area contributed by atoms with Crippen molar-refractivity contribution in [3.05, 3.63) is 0 Å². The van der Waals surface area contributed by atoms with Gasteiger partial charge in [-0.2, -0.15) is 0 Å². The van der Waals surface area contributed by atoms with Crippen LogP contribution in [0.25, 0.3) is 0 Å². The van der Waals surface area contributed by atoms with Gasteiger partial charge in [0.1, 0.15) is 17.9 Å². The van der Waals surface area contributed by atoms with Gasteiger partial charge in [0.2, 0.25) is 0 Å². The van der Waals surface area contributed by atoms with Crippen molar-refractivity contribution < 1.29 is 25.5 Å². The largest absolute Gasteiger partial charge is 0.394 e. The molecule has 6 heteroatoms. The van der Waals surface area contributed by atoms with Gasteiger partial charge in [0.05, 0.1) is 18.8 Å². The first-order chi connectivity index (χ1) is 5.90. The van der Waals surface area contributed by atoms with E-state index >= 15 is 0 Å². The lowest BCUT2D eigenvalue weighted by molar-refractivity contribution is -0.0849. The summed E-state index contributed by atoms with van der Waals surface area (Å²) in [6, 6.07) is -0.921. The highest BCUT2D eigenvalue weighted by Gasteiger charge is 2.50. The van der Waals surface area contributed by atoms with E-state index in [9.17, 15) is 20.4 Å². The van der Waals surface area contributed by atoms with Gasteiger partial charge >= 0.3 is 0 Å². The Labute approximate surface area is 75.4 Å². The van der Waals surface area contributed by atoms with Gasteiger partial charge in [-0.1, -0.05) is 0 Å². The number of nitrogens with one attached hydrogen (secondary N) is 1. The highest BCUT2D eigenvalue weighted by atomic mass is 16.4. The smallest absolute Gasteiger partial charge is 0.142 e. The van der Waals surface area contributed by atoms with Crippen molar-refractivity contribution in [3.63, 3.8) is 0 Å². The third kappa shape index (κ3) is 1.83. The minimum Gasteiger partial charge on any atom is -0.394 e. The molecule has 0 unspecified atom stereocenters. The molecule has 1 aliphatic rings. The Kier molecular flexibility index (Phi) is 2.91. The first kappa shape index (κ1) is 10.8. The first-order valence-corrected chi connectivity index (χ1v) is 4.05. The summed E-state index contributed by atoms with van der Waals surface area (Å²) >= 11 is 0. The molecule has 1 rings (SSSR count). The summed E-state index contributed by atoms with van der Waals surface area (Å²) in [4.78, 5) is 0. The Morgan fingerprint density at radius 3 is 2.31 bits per heavy atom. The van der Waals surface area contributed by atoms with Crippen LogP contribution in [0, 0.1) is 0 Å². The molecule has 0 bridgehead atoms. The minimum atomic E-state index is -1.64. The Morgan fingerprint density at radius 1 is 1.46 bits per heavy atom. The highest BCUT2D eigenvalue weighted by Crippen LogP contribution is 2.23. The van der Waals surface area contributed by atoms with Crippen molar-refractivity contribution in [2.75, 3.05) is 6.61 Å². The number of aliphatic hydroxyl groups excluding tert-OH is 4. The fourth-order valence-corrected chi connectivity index (χ4v) is 1.47. The van der Waals surface area contributed by atoms with Crippen LogP contribution in [0.15, 0.2) is 0 Å². The first-order valence-electron chi connectivity index (χ1n) is 4.05. The van der Waals surface area contributed by atoms with Crippen LogP contribution in [0.2, 0.25) is 0 Å². The zero-order valence-corrected chi connectivity index (χ0v) is 7.25. The van der Waals surface area contributed by atoms with Crippen LogP contribution in [-0.2, 0) is 0 Å². The molecule has 6 nitrogen and oxygen atoms in total. The van der Waals surface area contributed by atoms with E-state index in [0.29, 0.717) is 0 Å². The normalized spacial score (nSPS) is 48.0. The standard InChI is InChI=1S/C7H15NO5/c1-7(13)6(12)5(11)4(8-7)3(10)2-9/h3-6,8-13H,2H2,1H3/t3-,4-,5+,6+,7-/m1/s1. The van der Waals surface area contributed by atoms with Gasteiger partial charge in [0.25, 0.3) is 0 Å². The van der Waals surface area contributed by atoms with Crippen LogP contribution >= 0.6 is 0 Å². The molecule has 6 N–H and O–H groups in total. The molecule has 78 valence electrons. The SMILES string of the molecule is C[C@]1(O)N[C@H]([C@H](O)CO)[C@H](O)[C@@H]1O. The van der Waals surface area contributed by atoms with E-state index < -0.39 is 36.7 Å². The second-order valence-electron chi connectivity index (χ2n) is 3.50. The van der Waals surface area contributed by atoms with E-state index in [4.69, 9.17) is 5.11 Å². The van der Waals surface area contributed by atoms with Gasteiger partial charge < -0.3 is 25.5 Å². The Hall–Kier alpha value is -0.240. The van der Waals surface area contributed by atoms with Crippen molar-refractivity contribution in [2.24, 2.45) is 0 Å². The summed E-state index contributed by atoms with van der Waals surface area (Å²) in [6.07, 6.45) is -3.88. The molecule has 0 aliphatic carbocycles. The molecule has 1 fully saturated rings. The maximum Gasteiger partial charge on any atom is 0.142 e. The summed E-state index contributed by atoms with van der Waals surface area (Å²) < 4.78 is 0. The average molecular weight is 193 g/mol. The zero-order chi connectivity index (χ0) is 10.2. The lowest BCUT2D eigenvalue weighted by atomic mass is 10.0. The second-order valence-corrected chi connectivity index (χ2v) is 3.50. The second kappa shape index (κ2) is 3.49. The molecular formula is C7H15NO5. The number of hydrogen-bond donors (Lipinski definition) is 6. The van der Waals surface area contributed by atoms with Crippen molar-refractivity contribution in [1.82, 2.24) is 5.32 Å². The molecule has 1 saturated heterocycles. The van der Waals surface area contributed by atoms with Gasteiger partial charge in [-0.05, 0) is 6.92 Å². The molecule has 0 amide bonds. The number of rotatable bonds is 2. The van der Waals surface area contributed by atoms with Gasteiger partial charge in [-0.15, -0.1) is 0 Å². The zero-order valence-electron chi connectivity index (χ0n) is 7.25. The van der Waals surface area contributed by atoms with E-state index in [1.165, 1.54) is 6.92 Å². The maximum atomic E-state index is 9.43. The predicted molar refractivity (Wildman–Crippen MR) is 42.7 cm³/mol. The summed E-state index contributed by atoms with van der Waals surface area (Å²) in [7, 11) is 0. The summed E-state index contributed by atoms with van der Waals surface area (Å²) in [5.41, 5.74) is -1.64. The molecule has 0 aromatic heterocycles. The van der Waals surface area contributed by atoms with E-state index in [1.54, 1.807) is 0 Å². The topological polar surface area (TPSA) is 113 Å². The van der Waals surface area contributed by atoms with Gasteiger partial charge in [-0.25, -0.2) is 0 Å². The van der Waals surface area contributed by atoms with Crippen LogP contribution in [0.1, 0.15) is 6.92 Å². The van der Waals surface area contributed by atoms with E-state index in [0.717, 1.165) is 0 Å². The molecule has 1 heterocycles. The maximum absolute atomic E-state index is 9.43. The van der Waals surface area contributed by atoms with E-state index in [-0.39, 0.29) is 0 Å². The summed E-state index contributed by atoms with van der Waals surface area (Å²) in [5, 5.41) is 48.3. The molecule has 0 aromatic carbocycles. The van der Waals surface area contributed by atoms with Crippen LogP contribution in [-0.4, -0.2) is 62.2 Å². The molecule has 5 atom stereocenters. The third-order valence-corrected chi connectivity index (χ3v) is 2.33. The van der Waals surface area contributed by atoms with E-state index in [2.05, 4.69) is 5.32 Å². The fraction of sp³-hybridized carbons (Fsp3) is 1.00. The Bertz CT molecular complexity index is 186. The summed E-state index contributed by atoms with van der Waals surface area (Å²) in [5.74, 6) is 0. The predicted octanol–water partition coefficient (Wildman–Crippen LogP) is -3.26. The molecule has 0 spiro atoms. The molecular weight excluding hydrogens is 178 g/mol. The third-order valence-electron chi connectivity index (χ3n) is 2.33. The van der Waals surface area contributed by atoms with E-state index in [1.807, 2.05) is 0 Å². The van der Waals surface area contributed by atoms with Gasteiger partial charge in [-0.3, -0.25) is 5.32 Å². The van der Waals surface area contributed by atoms with Crippen molar-refractivity contribution >= 4 is 0 Å². The van der Waals surface area contributed by atoms with Gasteiger partial charge in [0.15, 0.2) is 0 Å². The Balaban J connectivity index is 2.72. The molecule has 1 aliphatic heterocycles. The Morgan fingerprint density at radius 2 is 2.00 bits per heavy atom. The monoisotopic (exact) mass is 193 g/mol. The molecule has 0 aromatic rings.